The number of amides is 2. The molecule has 1 aromatic rings. The third kappa shape index (κ3) is 4.61. The molecule has 0 radical (unpaired) electrons. The van der Waals surface area contributed by atoms with Crippen LogP contribution in [0.15, 0.2) is 24.3 Å². The van der Waals surface area contributed by atoms with E-state index in [1.165, 1.54) is 12.1 Å². The lowest BCUT2D eigenvalue weighted by Crippen LogP contribution is -2.56. The van der Waals surface area contributed by atoms with Gasteiger partial charge in [0.05, 0.1) is 19.3 Å². The minimum absolute atomic E-state index is 0.0253. The summed E-state index contributed by atoms with van der Waals surface area (Å²) < 4.78 is 18.9. The van der Waals surface area contributed by atoms with Gasteiger partial charge in [0.25, 0.3) is 0 Å². The Balaban J connectivity index is 1.56. The molecule has 2 saturated heterocycles. The first-order valence-electron chi connectivity index (χ1n) is 8.88. The van der Waals surface area contributed by atoms with Gasteiger partial charge in [-0.1, -0.05) is 6.07 Å². The molecule has 2 amide bonds. The summed E-state index contributed by atoms with van der Waals surface area (Å²) in [5.41, 5.74) is 0.847. The second-order valence-electron chi connectivity index (χ2n) is 6.81. The number of aliphatic hydroxyl groups excluding tert-OH is 1. The van der Waals surface area contributed by atoms with Crippen LogP contribution in [0.4, 0.5) is 14.9 Å². The van der Waals surface area contributed by atoms with Crippen molar-refractivity contribution in [2.24, 2.45) is 0 Å². The quantitative estimate of drug-likeness (QED) is 0.868. The molecule has 25 heavy (non-hydrogen) atoms. The van der Waals surface area contributed by atoms with Crippen LogP contribution in [0.2, 0.25) is 0 Å². The summed E-state index contributed by atoms with van der Waals surface area (Å²) in [6.45, 7) is 4.54. The van der Waals surface area contributed by atoms with Gasteiger partial charge in [-0.25, -0.2) is 9.18 Å². The molecule has 0 saturated carbocycles. The van der Waals surface area contributed by atoms with Crippen molar-refractivity contribution >= 4 is 11.7 Å². The molecule has 0 bridgehead atoms. The van der Waals surface area contributed by atoms with Crippen molar-refractivity contribution in [1.29, 1.82) is 0 Å². The maximum Gasteiger partial charge on any atom is 0.317 e. The smallest absolute Gasteiger partial charge is 0.317 e. The molecule has 3 atom stereocenters. The number of carbonyl (C=O) groups is 1. The number of nitrogens with zero attached hydrogens (tertiary/aromatic N) is 2. The summed E-state index contributed by atoms with van der Waals surface area (Å²) in [4.78, 5) is 16.3. The van der Waals surface area contributed by atoms with Gasteiger partial charge < -0.3 is 25.0 Å². The Morgan fingerprint density at radius 1 is 1.40 bits per heavy atom. The third-order valence-corrected chi connectivity index (χ3v) is 4.84. The van der Waals surface area contributed by atoms with Crippen LogP contribution in [0.5, 0.6) is 0 Å². The molecule has 3 rings (SSSR count). The first-order valence-corrected chi connectivity index (χ1v) is 8.88. The molecular weight excluding hydrogens is 325 g/mol. The highest BCUT2D eigenvalue weighted by molar-refractivity contribution is 5.74. The Bertz CT molecular complexity index is 599. The van der Waals surface area contributed by atoms with Gasteiger partial charge in [-0.15, -0.1) is 0 Å². The Morgan fingerprint density at radius 2 is 2.24 bits per heavy atom. The number of carbonyl (C=O) groups excluding carboxylic acids is 1. The van der Waals surface area contributed by atoms with Crippen molar-refractivity contribution < 1.29 is 19.0 Å². The second kappa shape index (κ2) is 8.01. The van der Waals surface area contributed by atoms with E-state index in [-0.39, 0.29) is 24.0 Å². The second-order valence-corrected chi connectivity index (χ2v) is 6.81. The molecule has 138 valence electrons. The molecule has 2 aliphatic rings. The van der Waals surface area contributed by atoms with E-state index in [9.17, 15) is 14.3 Å². The fourth-order valence-corrected chi connectivity index (χ4v) is 3.42. The fourth-order valence-electron chi connectivity index (χ4n) is 3.42. The van der Waals surface area contributed by atoms with Gasteiger partial charge in [0.1, 0.15) is 11.9 Å². The van der Waals surface area contributed by atoms with Crippen LogP contribution in [-0.2, 0) is 4.74 Å². The largest absolute Gasteiger partial charge is 0.391 e. The summed E-state index contributed by atoms with van der Waals surface area (Å²) in [5.74, 6) is -0.249. The van der Waals surface area contributed by atoms with E-state index in [0.29, 0.717) is 26.2 Å². The summed E-state index contributed by atoms with van der Waals surface area (Å²) in [7, 11) is 0. The maximum absolute atomic E-state index is 13.4. The van der Waals surface area contributed by atoms with Crippen LogP contribution in [0.3, 0.4) is 0 Å². The molecule has 2 aliphatic heterocycles. The fraction of sp³-hybridized carbons (Fsp3) is 0.611. The van der Waals surface area contributed by atoms with Gasteiger partial charge in [-0.2, -0.15) is 0 Å². The highest BCUT2D eigenvalue weighted by Crippen LogP contribution is 2.21. The number of piperidine rings is 1. The van der Waals surface area contributed by atoms with E-state index in [1.54, 1.807) is 17.9 Å². The molecule has 2 fully saturated rings. The van der Waals surface area contributed by atoms with E-state index in [4.69, 9.17) is 4.74 Å². The molecule has 7 heteroatoms. The molecule has 2 heterocycles. The molecule has 0 aliphatic carbocycles. The number of ether oxygens (including phenoxy) is 1. The number of hydrogen-bond donors (Lipinski definition) is 2. The number of nitrogens with one attached hydrogen (secondary N) is 1. The Labute approximate surface area is 147 Å². The van der Waals surface area contributed by atoms with E-state index >= 15 is 0 Å². The van der Waals surface area contributed by atoms with E-state index < -0.39 is 6.10 Å². The average molecular weight is 351 g/mol. The highest BCUT2D eigenvalue weighted by Gasteiger charge is 2.29. The van der Waals surface area contributed by atoms with Crippen molar-refractivity contribution in [2.45, 2.75) is 38.0 Å². The highest BCUT2D eigenvalue weighted by atomic mass is 19.1. The number of aliphatic hydroxyl groups is 1. The summed E-state index contributed by atoms with van der Waals surface area (Å²) >= 11 is 0. The van der Waals surface area contributed by atoms with Crippen LogP contribution >= 0.6 is 0 Å². The Morgan fingerprint density at radius 3 is 3.00 bits per heavy atom. The van der Waals surface area contributed by atoms with Crippen LogP contribution in [-0.4, -0.2) is 67.1 Å². The molecule has 0 spiro atoms. The van der Waals surface area contributed by atoms with Gasteiger partial charge in [0.15, 0.2) is 0 Å². The van der Waals surface area contributed by atoms with E-state index in [2.05, 4.69) is 10.2 Å². The number of benzene rings is 1. The first kappa shape index (κ1) is 17.9. The predicted octanol–water partition coefficient (Wildman–Crippen LogP) is 1.59. The van der Waals surface area contributed by atoms with Crippen molar-refractivity contribution in [3.63, 3.8) is 0 Å². The van der Waals surface area contributed by atoms with Crippen LogP contribution in [0.25, 0.3) is 0 Å². The van der Waals surface area contributed by atoms with Gasteiger partial charge in [-0.05, 0) is 38.0 Å². The van der Waals surface area contributed by atoms with Gasteiger partial charge in [-0.3, -0.25) is 0 Å². The van der Waals surface area contributed by atoms with Crippen LogP contribution in [0, 0.1) is 5.82 Å². The third-order valence-electron chi connectivity index (χ3n) is 4.84. The van der Waals surface area contributed by atoms with Crippen LogP contribution < -0.4 is 10.2 Å². The predicted molar refractivity (Wildman–Crippen MR) is 93.2 cm³/mol. The number of urea groups is 1. The number of hydrogen-bond acceptors (Lipinski definition) is 4. The minimum Gasteiger partial charge on any atom is -0.391 e. The monoisotopic (exact) mass is 351 g/mol. The first-order chi connectivity index (χ1) is 12.0. The minimum atomic E-state index is -0.603. The molecule has 1 aromatic carbocycles. The maximum atomic E-state index is 13.4. The van der Waals surface area contributed by atoms with Crippen molar-refractivity contribution in [2.75, 3.05) is 37.7 Å². The zero-order valence-corrected chi connectivity index (χ0v) is 14.5. The molecule has 3 unspecified atom stereocenters. The number of halogens is 1. The molecule has 0 aromatic heterocycles. The SMILES string of the molecule is CC(O)C1CN(C(=O)NC2CCCN(c3cccc(F)c3)C2)CCO1. The van der Waals surface area contributed by atoms with Gasteiger partial charge >= 0.3 is 6.03 Å². The number of anilines is 1. The van der Waals surface area contributed by atoms with Gasteiger partial charge in [0, 0.05) is 31.4 Å². The summed E-state index contributed by atoms with van der Waals surface area (Å²) in [5, 5.41) is 12.7. The zero-order chi connectivity index (χ0) is 17.8. The normalized spacial score (nSPS) is 25.6. The lowest BCUT2D eigenvalue weighted by Gasteiger charge is -2.38. The zero-order valence-electron chi connectivity index (χ0n) is 14.5. The summed E-state index contributed by atoms with van der Waals surface area (Å²) in [6.07, 6.45) is 0.909. The van der Waals surface area contributed by atoms with Crippen molar-refractivity contribution in [3.05, 3.63) is 30.1 Å². The number of morpholine rings is 1. The topological polar surface area (TPSA) is 65.0 Å². The van der Waals surface area contributed by atoms with Gasteiger partial charge in [0.2, 0.25) is 0 Å². The van der Waals surface area contributed by atoms with E-state index in [0.717, 1.165) is 25.1 Å². The Hall–Kier alpha value is -1.86. The molecule has 2 N–H and O–H groups in total. The lowest BCUT2D eigenvalue weighted by atomic mass is 10.0. The number of rotatable bonds is 3. The van der Waals surface area contributed by atoms with E-state index in [1.807, 2.05) is 6.07 Å². The average Bonchev–Trinajstić information content (AvgIpc) is 2.62. The van der Waals surface area contributed by atoms with Crippen LogP contribution in [0.1, 0.15) is 19.8 Å². The molecular formula is C18H26FN3O3. The summed E-state index contributed by atoms with van der Waals surface area (Å²) in [6, 6.07) is 6.46. The standard InChI is InChI=1S/C18H26FN3O3/c1-13(23)17-12-22(8-9-25-17)18(24)20-15-5-3-7-21(11-15)16-6-2-4-14(19)10-16/h2,4,6,10,13,15,17,23H,3,5,7-9,11-12H2,1H3,(H,20,24). The molecule has 6 nitrogen and oxygen atoms in total. The van der Waals surface area contributed by atoms with Crippen molar-refractivity contribution in [3.8, 4) is 0 Å². The Kier molecular flexibility index (Phi) is 5.75. The van der Waals surface area contributed by atoms with Crippen molar-refractivity contribution in [1.82, 2.24) is 10.2 Å². The lowest BCUT2D eigenvalue weighted by molar-refractivity contribution is -0.0721.